The van der Waals surface area contributed by atoms with E-state index in [2.05, 4.69) is 43.5 Å². The molecule has 4 N–H and O–H groups in total. The minimum atomic E-state index is -0.428. The van der Waals surface area contributed by atoms with Gasteiger partial charge >= 0.3 is 0 Å². The summed E-state index contributed by atoms with van der Waals surface area (Å²) in [5, 5.41) is 5.58. The van der Waals surface area contributed by atoms with Crippen molar-refractivity contribution in [2.75, 3.05) is 11.9 Å². The number of carbonyl (C=O) groups is 2. The fourth-order valence-electron chi connectivity index (χ4n) is 4.06. The van der Waals surface area contributed by atoms with Gasteiger partial charge in [-0.25, -0.2) is 4.39 Å². The normalized spacial score (nSPS) is 12.1. The molecule has 0 aliphatic heterocycles. The average Bonchev–Trinajstić information content (AvgIpc) is 2.96. The Morgan fingerprint density at radius 2 is 1.48 bits per heavy atom. The second-order valence-electron chi connectivity index (χ2n) is 10.7. The van der Waals surface area contributed by atoms with Gasteiger partial charge in [-0.2, -0.15) is 0 Å². The molecule has 0 saturated carbocycles. The molecule has 42 heavy (non-hydrogen) atoms. The molecule has 7 nitrogen and oxygen atoms in total. The predicted octanol–water partition coefficient (Wildman–Crippen LogP) is 6.90. The van der Waals surface area contributed by atoms with Crippen LogP contribution in [0.25, 0.3) is 0 Å². The Hall–Kier alpha value is -3.91. The van der Waals surface area contributed by atoms with E-state index in [9.17, 15) is 14.0 Å². The van der Waals surface area contributed by atoms with Gasteiger partial charge < -0.3 is 25.8 Å². The predicted molar refractivity (Wildman–Crippen MR) is 168 cm³/mol. The number of carbonyl (C=O) groups excluding carboxylic acids is 2. The van der Waals surface area contributed by atoms with E-state index >= 15 is 0 Å². The number of anilines is 1. The number of aryl methyl sites for hydroxylation is 1. The van der Waals surface area contributed by atoms with Crippen LogP contribution in [-0.4, -0.2) is 36.6 Å². The van der Waals surface area contributed by atoms with E-state index in [1.807, 2.05) is 32.0 Å². The number of nitrogens with two attached hydrogens (primary N) is 1. The number of benzene rings is 3. The Morgan fingerprint density at radius 1 is 0.881 bits per heavy atom. The van der Waals surface area contributed by atoms with Crippen molar-refractivity contribution in [2.45, 2.75) is 79.1 Å². The Morgan fingerprint density at radius 3 is 2.00 bits per heavy atom. The second-order valence-corrected chi connectivity index (χ2v) is 10.7. The van der Waals surface area contributed by atoms with Crippen LogP contribution in [0.4, 0.5) is 10.1 Å². The van der Waals surface area contributed by atoms with E-state index in [1.165, 1.54) is 29.8 Å². The molecule has 0 spiro atoms. The van der Waals surface area contributed by atoms with Gasteiger partial charge in [-0.1, -0.05) is 56.7 Å². The fraction of sp³-hybridized carbons (Fsp3) is 0.412. The molecule has 0 fully saturated rings. The molecule has 3 aromatic rings. The highest BCUT2D eigenvalue weighted by molar-refractivity contribution is 5.95. The minimum absolute atomic E-state index is 0.0507. The van der Waals surface area contributed by atoms with Crippen molar-refractivity contribution in [3.8, 4) is 11.5 Å². The van der Waals surface area contributed by atoms with Gasteiger partial charge in [0.05, 0.1) is 12.2 Å². The van der Waals surface area contributed by atoms with Crippen LogP contribution in [0.5, 0.6) is 11.5 Å². The first-order valence-corrected chi connectivity index (χ1v) is 14.6. The third-order valence-electron chi connectivity index (χ3n) is 6.41. The Balaban J connectivity index is 0.000000766. The van der Waals surface area contributed by atoms with Gasteiger partial charge in [0, 0.05) is 35.8 Å². The summed E-state index contributed by atoms with van der Waals surface area (Å²) in [4.78, 5) is 25.3. The van der Waals surface area contributed by atoms with Crippen LogP contribution >= 0.6 is 0 Å². The first kappa shape index (κ1) is 34.3. The maximum absolute atomic E-state index is 13.0. The fourth-order valence-corrected chi connectivity index (χ4v) is 4.06. The molecule has 0 aliphatic rings. The van der Waals surface area contributed by atoms with Gasteiger partial charge in [-0.3, -0.25) is 9.59 Å². The Bertz CT molecular complexity index is 1230. The molecule has 0 bridgehead atoms. The molecule has 0 aliphatic carbocycles. The van der Waals surface area contributed by atoms with Crippen molar-refractivity contribution in [1.82, 2.24) is 5.32 Å². The summed E-state index contributed by atoms with van der Waals surface area (Å²) in [6.07, 6.45) is 2.08. The van der Waals surface area contributed by atoms with Crippen molar-refractivity contribution in [1.29, 1.82) is 0 Å². The highest BCUT2D eigenvalue weighted by Gasteiger charge is 2.19. The van der Waals surface area contributed by atoms with E-state index < -0.39 is 12.0 Å². The Kier molecular flexibility index (Phi) is 14.5. The molecule has 8 heteroatoms. The molecule has 2 unspecified atom stereocenters. The number of amides is 2. The molecule has 0 heterocycles. The lowest BCUT2D eigenvalue weighted by Crippen LogP contribution is -2.39. The van der Waals surface area contributed by atoms with E-state index in [1.54, 1.807) is 25.1 Å². The van der Waals surface area contributed by atoms with Crippen molar-refractivity contribution < 1.29 is 23.5 Å². The molecule has 0 saturated heterocycles. The monoisotopic (exact) mass is 579 g/mol. The van der Waals surface area contributed by atoms with E-state index in [-0.39, 0.29) is 36.4 Å². The molecular weight excluding hydrogens is 533 g/mol. The lowest BCUT2D eigenvalue weighted by atomic mass is 10.0. The quantitative estimate of drug-likeness (QED) is 0.204. The van der Waals surface area contributed by atoms with Crippen LogP contribution in [0, 0.1) is 18.7 Å². The molecule has 2 amide bonds. The molecule has 3 rings (SSSR count). The topological polar surface area (TPSA) is 103 Å². The third kappa shape index (κ3) is 12.7. The first-order chi connectivity index (χ1) is 20.0. The van der Waals surface area contributed by atoms with E-state index in [0.29, 0.717) is 29.2 Å². The number of rotatable bonds is 13. The van der Waals surface area contributed by atoms with Crippen molar-refractivity contribution in [3.05, 3.63) is 89.7 Å². The Labute approximate surface area is 250 Å². The van der Waals surface area contributed by atoms with Crippen LogP contribution in [-0.2, 0) is 4.79 Å². The van der Waals surface area contributed by atoms with Gasteiger partial charge in [0.25, 0.3) is 5.91 Å². The summed E-state index contributed by atoms with van der Waals surface area (Å²) in [5.74, 6) is -0.145. The van der Waals surface area contributed by atoms with Gasteiger partial charge in [-0.05, 0) is 76.4 Å². The maximum atomic E-state index is 13.0. The van der Waals surface area contributed by atoms with Crippen molar-refractivity contribution in [2.24, 2.45) is 11.7 Å². The highest BCUT2D eigenvalue weighted by atomic mass is 19.1. The SMILES string of the molecule is CCC(CC)Oc1cc(OC(C)C)cc(C(=O)NCC(N)CC(C)C(=O)Nc2ccc(F)cc2)c1.Cc1ccccc1. The summed E-state index contributed by atoms with van der Waals surface area (Å²) in [5.41, 5.74) is 8.44. The van der Waals surface area contributed by atoms with Crippen LogP contribution in [0.15, 0.2) is 72.8 Å². The largest absolute Gasteiger partial charge is 0.491 e. The zero-order chi connectivity index (χ0) is 31.1. The molecular formula is C34H46FN3O4. The number of nitrogens with one attached hydrogen (secondary N) is 2. The zero-order valence-electron chi connectivity index (χ0n) is 25.7. The molecule has 3 aromatic carbocycles. The molecule has 0 aromatic heterocycles. The van der Waals surface area contributed by atoms with Crippen LogP contribution in [0.1, 0.15) is 69.8 Å². The van der Waals surface area contributed by atoms with Gasteiger partial charge in [0.15, 0.2) is 0 Å². The van der Waals surface area contributed by atoms with Gasteiger partial charge in [-0.15, -0.1) is 0 Å². The zero-order valence-corrected chi connectivity index (χ0v) is 25.7. The number of halogens is 1. The summed E-state index contributed by atoms with van der Waals surface area (Å²) in [7, 11) is 0. The highest BCUT2D eigenvalue weighted by Crippen LogP contribution is 2.26. The number of hydrogen-bond donors (Lipinski definition) is 3. The second kappa shape index (κ2) is 17.8. The third-order valence-corrected chi connectivity index (χ3v) is 6.41. The van der Waals surface area contributed by atoms with E-state index in [4.69, 9.17) is 15.2 Å². The molecule has 2 atom stereocenters. The number of ether oxygens (including phenoxy) is 2. The van der Waals surface area contributed by atoms with Gasteiger partial charge in [0.1, 0.15) is 17.3 Å². The van der Waals surface area contributed by atoms with Gasteiger partial charge in [0.2, 0.25) is 5.91 Å². The minimum Gasteiger partial charge on any atom is -0.491 e. The van der Waals surface area contributed by atoms with Crippen molar-refractivity contribution >= 4 is 17.5 Å². The summed E-state index contributed by atoms with van der Waals surface area (Å²) in [6.45, 7) is 12.0. The summed E-state index contributed by atoms with van der Waals surface area (Å²) >= 11 is 0. The summed E-state index contributed by atoms with van der Waals surface area (Å²) < 4.78 is 24.9. The van der Waals surface area contributed by atoms with Crippen LogP contribution in [0.2, 0.25) is 0 Å². The number of hydrogen-bond acceptors (Lipinski definition) is 5. The maximum Gasteiger partial charge on any atom is 0.251 e. The lowest BCUT2D eigenvalue weighted by molar-refractivity contribution is -0.119. The van der Waals surface area contributed by atoms with E-state index in [0.717, 1.165) is 12.8 Å². The standard InChI is InChI=1S/C27H38FN3O4.C7H8/c1-6-23(7-2)35-25-14-19(13-24(15-25)34-17(3)4)27(33)30-16-21(29)12-18(5)26(32)31-22-10-8-20(28)9-11-22;1-7-5-3-2-4-6-7/h8-11,13-15,17-18,21,23H,6-7,12,16,29H2,1-5H3,(H,30,33)(H,31,32);2-6H,1H3. The lowest BCUT2D eigenvalue weighted by Gasteiger charge is -2.19. The molecule has 228 valence electrons. The van der Waals surface area contributed by atoms with Crippen LogP contribution in [0.3, 0.4) is 0 Å². The van der Waals surface area contributed by atoms with Crippen molar-refractivity contribution in [3.63, 3.8) is 0 Å². The smallest absolute Gasteiger partial charge is 0.251 e. The summed E-state index contributed by atoms with van der Waals surface area (Å²) in [6, 6.07) is 20.6. The van der Waals surface area contributed by atoms with Crippen LogP contribution < -0.4 is 25.8 Å². The average molecular weight is 580 g/mol. The molecule has 0 radical (unpaired) electrons. The first-order valence-electron chi connectivity index (χ1n) is 14.6.